The molecule has 2 saturated carbocycles. The van der Waals surface area contributed by atoms with Gasteiger partial charge in [0.15, 0.2) is 0 Å². The Kier molecular flexibility index (Phi) is 3.40. The first-order valence-electron chi connectivity index (χ1n) is 8.14. The third kappa shape index (κ3) is 1.78. The normalized spacial score (nSPS) is 52.5. The summed E-state index contributed by atoms with van der Waals surface area (Å²) in [5, 5.41) is 0. The Balaban J connectivity index is 2.29. The number of rotatable bonds is 0. The zero-order chi connectivity index (χ0) is 13.8. The summed E-state index contributed by atoms with van der Waals surface area (Å²) in [5.41, 5.74) is 1.68. The highest BCUT2D eigenvalue weighted by molar-refractivity contribution is 5.14. The minimum Gasteiger partial charge on any atom is -0.0623 e. The molecule has 0 heteroatoms. The van der Waals surface area contributed by atoms with Gasteiger partial charge < -0.3 is 0 Å². The fourth-order valence-corrected chi connectivity index (χ4v) is 5.23. The van der Waals surface area contributed by atoms with Crippen molar-refractivity contribution >= 4 is 0 Å². The Morgan fingerprint density at radius 1 is 0.778 bits per heavy atom. The zero-order valence-corrected chi connectivity index (χ0v) is 13.8. The van der Waals surface area contributed by atoms with Crippen LogP contribution in [0.25, 0.3) is 0 Å². The van der Waals surface area contributed by atoms with Crippen molar-refractivity contribution in [3.63, 3.8) is 0 Å². The van der Waals surface area contributed by atoms with Crippen molar-refractivity contribution < 1.29 is 0 Å². The monoisotopic (exact) mass is 250 g/mol. The molecule has 2 aliphatic rings. The van der Waals surface area contributed by atoms with Gasteiger partial charge in [0.1, 0.15) is 0 Å². The average Bonchev–Trinajstić information content (AvgIpc) is 2.31. The summed E-state index contributed by atoms with van der Waals surface area (Å²) >= 11 is 0. The molecule has 2 aliphatic carbocycles. The van der Waals surface area contributed by atoms with Crippen LogP contribution in [0, 0.1) is 34.0 Å². The maximum Gasteiger partial charge on any atom is -0.0218 e. The molecule has 0 N–H and O–H groups in total. The van der Waals surface area contributed by atoms with E-state index in [0.717, 1.165) is 17.8 Å². The predicted octanol–water partition coefficient (Wildman–Crippen LogP) is 5.91. The third-order valence-corrected chi connectivity index (χ3v) is 7.78. The Hall–Kier alpha value is 0. The van der Waals surface area contributed by atoms with Crippen molar-refractivity contribution in [3.8, 4) is 0 Å². The molecule has 0 radical (unpaired) electrons. The summed E-state index contributed by atoms with van der Waals surface area (Å²) in [4.78, 5) is 0. The predicted molar refractivity (Wildman–Crippen MR) is 80.6 cm³/mol. The quantitative estimate of drug-likeness (QED) is 0.501. The highest BCUT2D eigenvalue weighted by Gasteiger charge is 2.65. The van der Waals surface area contributed by atoms with E-state index in [1.807, 2.05) is 0 Å². The van der Waals surface area contributed by atoms with Crippen molar-refractivity contribution in [1.29, 1.82) is 0 Å². The zero-order valence-electron chi connectivity index (χ0n) is 13.8. The first-order chi connectivity index (χ1) is 8.14. The van der Waals surface area contributed by atoms with Crippen LogP contribution in [0.2, 0.25) is 0 Å². The van der Waals surface area contributed by atoms with Gasteiger partial charge in [-0.1, -0.05) is 54.9 Å². The molecular formula is C18H34. The SMILES string of the molecule is CC1CCC(C)C2(C)CC(C)(C)C2(C)CCC1C. The second kappa shape index (κ2) is 4.25. The summed E-state index contributed by atoms with van der Waals surface area (Å²) in [6.07, 6.45) is 7.18. The van der Waals surface area contributed by atoms with E-state index >= 15 is 0 Å². The van der Waals surface area contributed by atoms with Crippen LogP contribution in [-0.4, -0.2) is 0 Å². The molecule has 0 amide bonds. The average molecular weight is 250 g/mol. The minimum atomic E-state index is 0.545. The van der Waals surface area contributed by atoms with Crippen LogP contribution >= 0.6 is 0 Å². The Labute approximate surface area is 115 Å². The molecule has 0 aromatic rings. The second-order valence-corrected chi connectivity index (χ2v) is 8.78. The van der Waals surface area contributed by atoms with E-state index in [-0.39, 0.29) is 0 Å². The standard InChI is InChI=1S/C18H34/c1-13-8-9-15(3)17(6)12-16(4,5)18(17,7)11-10-14(13)2/h13-15H,8-12H2,1-7H3. The van der Waals surface area contributed by atoms with Crippen LogP contribution in [0.3, 0.4) is 0 Å². The molecule has 18 heavy (non-hydrogen) atoms. The molecule has 2 fully saturated rings. The maximum absolute atomic E-state index is 2.59. The molecule has 5 atom stereocenters. The Morgan fingerprint density at radius 3 is 1.89 bits per heavy atom. The summed E-state index contributed by atoms with van der Waals surface area (Å²) in [6, 6.07) is 0. The molecule has 5 unspecified atom stereocenters. The van der Waals surface area contributed by atoms with Crippen molar-refractivity contribution in [1.82, 2.24) is 0 Å². The van der Waals surface area contributed by atoms with Crippen molar-refractivity contribution in [2.45, 2.75) is 80.6 Å². The Morgan fingerprint density at radius 2 is 1.33 bits per heavy atom. The maximum atomic E-state index is 2.59. The molecule has 0 nitrogen and oxygen atoms in total. The van der Waals surface area contributed by atoms with Gasteiger partial charge in [0.2, 0.25) is 0 Å². The molecule has 0 aromatic heterocycles. The molecule has 2 rings (SSSR count). The van der Waals surface area contributed by atoms with Gasteiger partial charge in [0.25, 0.3) is 0 Å². The summed E-state index contributed by atoms with van der Waals surface area (Å²) in [5.74, 6) is 2.72. The largest absolute Gasteiger partial charge is 0.0623 e. The van der Waals surface area contributed by atoms with Crippen molar-refractivity contribution in [2.75, 3.05) is 0 Å². The second-order valence-electron chi connectivity index (χ2n) is 8.78. The minimum absolute atomic E-state index is 0.545. The molecule has 0 bridgehead atoms. The van der Waals surface area contributed by atoms with Gasteiger partial charge in [-0.3, -0.25) is 0 Å². The lowest BCUT2D eigenvalue weighted by Gasteiger charge is -2.70. The molecule has 0 aromatic carbocycles. The van der Waals surface area contributed by atoms with Crippen LogP contribution < -0.4 is 0 Å². The van der Waals surface area contributed by atoms with Crippen molar-refractivity contribution in [3.05, 3.63) is 0 Å². The third-order valence-electron chi connectivity index (χ3n) is 7.78. The van der Waals surface area contributed by atoms with E-state index in [4.69, 9.17) is 0 Å². The highest BCUT2D eigenvalue weighted by atomic mass is 14.7. The van der Waals surface area contributed by atoms with Gasteiger partial charge in [-0.15, -0.1) is 0 Å². The van der Waals surface area contributed by atoms with Crippen LogP contribution in [0.5, 0.6) is 0 Å². The van der Waals surface area contributed by atoms with E-state index in [1.165, 1.54) is 32.1 Å². The smallest absolute Gasteiger partial charge is 0.0218 e. The van der Waals surface area contributed by atoms with Crippen LogP contribution in [0.4, 0.5) is 0 Å². The molecular weight excluding hydrogens is 216 g/mol. The lowest BCUT2D eigenvalue weighted by atomic mass is 9.34. The van der Waals surface area contributed by atoms with Crippen LogP contribution in [0.1, 0.15) is 80.6 Å². The number of hydrogen-bond donors (Lipinski definition) is 0. The summed E-state index contributed by atoms with van der Waals surface area (Å²) in [7, 11) is 0. The molecule has 106 valence electrons. The highest BCUT2D eigenvalue weighted by Crippen LogP contribution is 2.73. The van der Waals surface area contributed by atoms with Crippen LogP contribution in [-0.2, 0) is 0 Å². The topological polar surface area (TPSA) is 0 Å². The van der Waals surface area contributed by atoms with E-state index in [0.29, 0.717) is 16.2 Å². The van der Waals surface area contributed by atoms with Gasteiger partial charge in [0, 0.05) is 0 Å². The van der Waals surface area contributed by atoms with E-state index in [1.54, 1.807) is 0 Å². The molecule has 0 spiro atoms. The van der Waals surface area contributed by atoms with Crippen LogP contribution in [0.15, 0.2) is 0 Å². The van der Waals surface area contributed by atoms with Crippen molar-refractivity contribution in [2.24, 2.45) is 34.0 Å². The van der Waals surface area contributed by atoms with Gasteiger partial charge in [-0.25, -0.2) is 0 Å². The fourth-order valence-electron chi connectivity index (χ4n) is 5.23. The van der Waals surface area contributed by atoms with Gasteiger partial charge >= 0.3 is 0 Å². The number of hydrogen-bond acceptors (Lipinski definition) is 0. The van der Waals surface area contributed by atoms with E-state index < -0.39 is 0 Å². The lowest BCUT2D eigenvalue weighted by molar-refractivity contribution is -0.213. The van der Waals surface area contributed by atoms with Gasteiger partial charge in [-0.05, 0) is 59.7 Å². The summed E-state index contributed by atoms with van der Waals surface area (Å²) < 4.78 is 0. The van der Waals surface area contributed by atoms with Gasteiger partial charge in [-0.2, -0.15) is 0 Å². The Bertz CT molecular complexity index is 316. The summed E-state index contributed by atoms with van der Waals surface area (Å²) in [6.45, 7) is 17.7. The fraction of sp³-hybridized carbons (Fsp3) is 1.00. The lowest BCUT2D eigenvalue weighted by Crippen LogP contribution is -2.62. The van der Waals surface area contributed by atoms with Gasteiger partial charge in [0.05, 0.1) is 0 Å². The van der Waals surface area contributed by atoms with E-state index in [9.17, 15) is 0 Å². The first-order valence-corrected chi connectivity index (χ1v) is 8.14. The van der Waals surface area contributed by atoms with E-state index in [2.05, 4.69) is 48.5 Å². The molecule has 0 heterocycles. The molecule has 0 aliphatic heterocycles. The molecule has 0 saturated heterocycles. The number of fused-ring (bicyclic) bond motifs is 1. The first kappa shape index (κ1) is 14.4.